The van der Waals surface area contributed by atoms with Crippen LogP contribution in [-0.2, 0) is 9.59 Å². The van der Waals surface area contributed by atoms with Gasteiger partial charge in [0.25, 0.3) is 11.7 Å². The lowest BCUT2D eigenvalue weighted by Gasteiger charge is -2.24. The summed E-state index contributed by atoms with van der Waals surface area (Å²) in [5, 5.41) is 10.9. The van der Waals surface area contributed by atoms with Gasteiger partial charge in [-0.1, -0.05) is 74.0 Å². The average Bonchev–Trinajstić information content (AvgIpc) is 2.93. The molecule has 1 N–H and O–H groups in total. The zero-order valence-electron chi connectivity index (χ0n) is 16.5. The molecule has 0 bridgehead atoms. The third-order valence-corrected chi connectivity index (χ3v) is 5.11. The maximum absolute atomic E-state index is 12.8. The molecule has 0 unspecified atom stereocenters. The summed E-state index contributed by atoms with van der Waals surface area (Å²) in [4.78, 5) is 26.9. The van der Waals surface area contributed by atoms with E-state index >= 15 is 0 Å². The number of benzene rings is 2. The Morgan fingerprint density at radius 1 is 1.11 bits per heavy atom. The second-order valence-electron chi connectivity index (χ2n) is 7.43. The Hall–Kier alpha value is -3.14. The third-order valence-electron chi connectivity index (χ3n) is 5.11. The van der Waals surface area contributed by atoms with Crippen LogP contribution in [0.25, 0.3) is 5.76 Å². The van der Waals surface area contributed by atoms with Gasteiger partial charge in [-0.15, -0.1) is 6.58 Å². The number of nitrogens with zero attached hydrogens (tertiary/aromatic N) is 1. The second-order valence-corrected chi connectivity index (χ2v) is 7.43. The number of aliphatic hydroxyl groups is 1. The highest BCUT2D eigenvalue weighted by Crippen LogP contribution is 2.39. The number of hydrogen-bond donors (Lipinski definition) is 1. The van der Waals surface area contributed by atoms with Crippen LogP contribution in [0.1, 0.15) is 48.1 Å². The van der Waals surface area contributed by atoms with E-state index in [1.165, 1.54) is 10.5 Å². The molecule has 1 fully saturated rings. The van der Waals surface area contributed by atoms with Crippen LogP contribution in [0.15, 0.2) is 66.8 Å². The van der Waals surface area contributed by atoms with Gasteiger partial charge >= 0.3 is 0 Å². The van der Waals surface area contributed by atoms with E-state index in [9.17, 15) is 14.7 Å². The van der Waals surface area contributed by atoms with Gasteiger partial charge < -0.3 is 10.0 Å². The fourth-order valence-electron chi connectivity index (χ4n) is 3.48. The Bertz CT molecular complexity index is 937. The molecule has 0 spiro atoms. The molecule has 1 atom stereocenters. The van der Waals surface area contributed by atoms with Gasteiger partial charge in [0, 0.05) is 12.1 Å². The number of Topliss-reactive ketones (excluding diaryl/α,β-unsaturated/α-hetero) is 1. The number of aryl methyl sites for hydroxylation is 1. The van der Waals surface area contributed by atoms with E-state index < -0.39 is 17.7 Å². The largest absolute Gasteiger partial charge is 0.507 e. The number of amides is 1. The standard InChI is InChI=1S/C24H25NO3/c1-5-14-25-21(18-12-10-17(11-13-18)15(2)3)20(23(27)24(25)28)22(26)19-8-6-16(4)7-9-19/h5-13,15,21,26H,1,14H2,2-4H3/t21-/m1/s1. The minimum atomic E-state index is -0.669. The minimum absolute atomic E-state index is 0.119. The predicted octanol–water partition coefficient (Wildman–Crippen LogP) is 4.73. The molecule has 4 heteroatoms. The van der Waals surface area contributed by atoms with Gasteiger partial charge in [-0.2, -0.15) is 0 Å². The quantitative estimate of drug-likeness (QED) is 0.356. The first-order chi connectivity index (χ1) is 13.3. The van der Waals surface area contributed by atoms with Crippen molar-refractivity contribution in [2.24, 2.45) is 0 Å². The van der Waals surface area contributed by atoms with Crippen LogP contribution in [0.4, 0.5) is 0 Å². The highest BCUT2D eigenvalue weighted by molar-refractivity contribution is 6.46. The summed E-state index contributed by atoms with van der Waals surface area (Å²) in [6.45, 7) is 10.1. The van der Waals surface area contributed by atoms with Gasteiger partial charge in [0.15, 0.2) is 0 Å². The summed E-state index contributed by atoms with van der Waals surface area (Å²) in [6, 6.07) is 14.4. The average molecular weight is 375 g/mol. The molecule has 2 aromatic rings. The molecule has 1 heterocycles. The molecular formula is C24H25NO3. The number of aliphatic hydroxyl groups excluding tert-OH is 1. The Labute approximate surface area is 165 Å². The minimum Gasteiger partial charge on any atom is -0.507 e. The van der Waals surface area contributed by atoms with Crippen molar-refractivity contribution in [1.82, 2.24) is 4.90 Å². The maximum atomic E-state index is 12.8. The number of hydrogen-bond acceptors (Lipinski definition) is 3. The molecule has 28 heavy (non-hydrogen) atoms. The number of likely N-dealkylation sites (tertiary alicyclic amines) is 1. The van der Waals surface area contributed by atoms with Crippen molar-refractivity contribution in [3.63, 3.8) is 0 Å². The molecular weight excluding hydrogens is 350 g/mol. The summed E-state index contributed by atoms with van der Waals surface area (Å²) in [5.74, 6) is -1.06. The first-order valence-corrected chi connectivity index (χ1v) is 9.41. The van der Waals surface area contributed by atoms with Crippen molar-refractivity contribution in [3.05, 3.63) is 89.0 Å². The molecule has 1 aliphatic heterocycles. The van der Waals surface area contributed by atoms with Crippen LogP contribution in [0.3, 0.4) is 0 Å². The fourth-order valence-corrected chi connectivity index (χ4v) is 3.48. The molecule has 1 saturated heterocycles. The van der Waals surface area contributed by atoms with Gasteiger partial charge in [-0.05, 0) is 24.0 Å². The summed E-state index contributed by atoms with van der Waals surface area (Å²) in [5.41, 5.74) is 3.64. The normalized spacial score (nSPS) is 18.7. The fraction of sp³-hybridized carbons (Fsp3) is 0.250. The molecule has 3 rings (SSSR count). The summed E-state index contributed by atoms with van der Waals surface area (Å²) < 4.78 is 0. The first-order valence-electron chi connectivity index (χ1n) is 9.41. The summed E-state index contributed by atoms with van der Waals surface area (Å²) in [6.07, 6.45) is 1.59. The third kappa shape index (κ3) is 3.50. The molecule has 4 nitrogen and oxygen atoms in total. The van der Waals surface area contributed by atoms with Crippen molar-refractivity contribution in [2.75, 3.05) is 6.54 Å². The SMILES string of the molecule is C=CCN1C(=O)C(=O)C(=C(O)c2ccc(C)cc2)[C@H]1c1ccc(C(C)C)cc1. The number of carbonyl (C=O) groups excluding carboxylic acids is 2. The predicted molar refractivity (Wildman–Crippen MR) is 111 cm³/mol. The van der Waals surface area contributed by atoms with Crippen molar-refractivity contribution < 1.29 is 14.7 Å². The van der Waals surface area contributed by atoms with Crippen LogP contribution in [0, 0.1) is 6.92 Å². The molecule has 144 valence electrons. The van der Waals surface area contributed by atoms with Crippen LogP contribution in [-0.4, -0.2) is 28.2 Å². The Morgan fingerprint density at radius 3 is 2.25 bits per heavy atom. The Kier molecular flexibility index (Phi) is 5.50. The molecule has 1 aliphatic rings. The Morgan fingerprint density at radius 2 is 1.71 bits per heavy atom. The smallest absolute Gasteiger partial charge is 0.295 e. The molecule has 2 aromatic carbocycles. The van der Waals surface area contributed by atoms with Crippen molar-refractivity contribution in [2.45, 2.75) is 32.7 Å². The first kappa shape index (κ1) is 19.6. The molecule has 1 amide bonds. The number of ketones is 1. The van der Waals surface area contributed by atoms with E-state index in [1.54, 1.807) is 18.2 Å². The van der Waals surface area contributed by atoms with Gasteiger partial charge in [0.1, 0.15) is 5.76 Å². The van der Waals surface area contributed by atoms with Crippen molar-refractivity contribution in [1.29, 1.82) is 0 Å². The van der Waals surface area contributed by atoms with E-state index in [2.05, 4.69) is 20.4 Å². The van der Waals surface area contributed by atoms with Gasteiger partial charge in [-0.25, -0.2) is 0 Å². The summed E-state index contributed by atoms with van der Waals surface area (Å²) in [7, 11) is 0. The zero-order valence-corrected chi connectivity index (χ0v) is 16.5. The molecule has 0 radical (unpaired) electrons. The van der Waals surface area contributed by atoms with Crippen molar-refractivity contribution in [3.8, 4) is 0 Å². The van der Waals surface area contributed by atoms with E-state index in [0.29, 0.717) is 11.5 Å². The van der Waals surface area contributed by atoms with Gasteiger partial charge in [0.2, 0.25) is 0 Å². The van der Waals surface area contributed by atoms with Crippen LogP contribution >= 0.6 is 0 Å². The molecule has 0 aliphatic carbocycles. The Balaban J connectivity index is 2.15. The van der Waals surface area contributed by atoms with E-state index in [0.717, 1.165) is 11.1 Å². The van der Waals surface area contributed by atoms with Crippen LogP contribution in [0.2, 0.25) is 0 Å². The van der Waals surface area contributed by atoms with Crippen LogP contribution in [0.5, 0.6) is 0 Å². The van der Waals surface area contributed by atoms with Gasteiger partial charge in [-0.3, -0.25) is 9.59 Å². The zero-order chi connectivity index (χ0) is 20.4. The number of carbonyl (C=O) groups is 2. The highest BCUT2D eigenvalue weighted by atomic mass is 16.3. The topological polar surface area (TPSA) is 57.6 Å². The van der Waals surface area contributed by atoms with E-state index in [-0.39, 0.29) is 17.9 Å². The van der Waals surface area contributed by atoms with Gasteiger partial charge in [0.05, 0.1) is 11.6 Å². The summed E-state index contributed by atoms with van der Waals surface area (Å²) >= 11 is 0. The van der Waals surface area contributed by atoms with E-state index in [4.69, 9.17) is 0 Å². The van der Waals surface area contributed by atoms with Crippen molar-refractivity contribution >= 4 is 17.4 Å². The maximum Gasteiger partial charge on any atom is 0.295 e. The molecule has 0 saturated carbocycles. The lowest BCUT2D eigenvalue weighted by atomic mass is 9.93. The van der Waals surface area contributed by atoms with E-state index in [1.807, 2.05) is 43.3 Å². The number of rotatable bonds is 5. The molecule has 0 aromatic heterocycles. The highest BCUT2D eigenvalue weighted by Gasteiger charge is 2.45. The lowest BCUT2D eigenvalue weighted by Crippen LogP contribution is -2.29. The monoisotopic (exact) mass is 375 g/mol. The lowest BCUT2D eigenvalue weighted by molar-refractivity contribution is -0.139. The van der Waals surface area contributed by atoms with Crippen LogP contribution < -0.4 is 0 Å². The second kappa shape index (κ2) is 7.85.